The third-order valence-corrected chi connectivity index (χ3v) is 4.81. The van der Waals surface area contributed by atoms with Crippen molar-refractivity contribution in [3.05, 3.63) is 54.1 Å². The number of ether oxygens (including phenoxy) is 1. The maximum atomic E-state index is 11.6. The van der Waals surface area contributed by atoms with E-state index in [0.717, 1.165) is 17.0 Å². The minimum absolute atomic E-state index is 0.0627. The quantitative estimate of drug-likeness (QED) is 0.677. The van der Waals surface area contributed by atoms with Gasteiger partial charge in [-0.1, -0.05) is 41.6 Å². The molecule has 0 fully saturated rings. The summed E-state index contributed by atoms with van der Waals surface area (Å²) in [6.45, 7) is 2.04. The van der Waals surface area contributed by atoms with Crippen LogP contribution in [0.1, 0.15) is 5.56 Å². The molecule has 3 rings (SSSR count). The molecule has 1 amide bonds. The molecule has 0 atom stereocenters. The molecule has 6 nitrogen and oxygen atoms in total. The third kappa shape index (κ3) is 3.72. The first-order valence-corrected chi connectivity index (χ1v) is 9.12. The summed E-state index contributed by atoms with van der Waals surface area (Å²) in [6.07, 6.45) is 0. The molecule has 0 aliphatic rings. The summed E-state index contributed by atoms with van der Waals surface area (Å²) in [5, 5.41) is 12.0. The highest BCUT2D eigenvalue weighted by Crippen LogP contribution is 2.33. The number of hydrogen-bond acceptors (Lipinski definition) is 5. The first-order valence-electron chi connectivity index (χ1n) is 8.13. The number of aromatic nitrogens is 3. The summed E-state index contributed by atoms with van der Waals surface area (Å²) in [5.74, 6) is 1.60. The smallest absolute Gasteiger partial charge is 0.230 e. The van der Waals surface area contributed by atoms with E-state index in [1.165, 1.54) is 17.3 Å². The van der Waals surface area contributed by atoms with E-state index >= 15 is 0 Å². The zero-order valence-corrected chi connectivity index (χ0v) is 15.7. The molecule has 7 heteroatoms. The fourth-order valence-corrected chi connectivity index (χ4v) is 3.32. The molecule has 2 aromatic carbocycles. The van der Waals surface area contributed by atoms with E-state index in [1.807, 2.05) is 60.0 Å². The molecule has 1 aromatic heterocycles. The zero-order valence-electron chi connectivity index (χ0n) is 14.9. The van der Waals surface area contributed by atoms with Crippen LogP contribution in [0, 0.1) is 6.92 Å². The van der Waals surface area contributed by atoms with Crippen molar-refractivity contribution in [2.45, 2.75) is 12.1 Å². The number of para-hydroxylation sites is 1. The van der Waals surface area contributed by atoms with E-state index in [-0.39, 0.29) is 11.7 Å². The van der Waals surface area contributed by atoms with Crippen molar-refractivity contribution in [2.75, 3.05) is 19.9 Å². The van der Waals surface area contributed by atoms with Crippen LogP contribution in [-0.4, -0.2) is 40.6 Å². The summed E-state index contributed by atoms with van der Waals surface area (Å²) >= 11 is 1.34. The van der Waals surface area contributed by atoms with Gasteiger partial charge in [-0.05, 0) is 31.2 Å². The number of rotatable bonds is 6. The predicted octanol–water partition coefficient (Wildman–Crippen LogP) is 3.09. The number of aryl methyl sites for hydroxylation is 1. The molecule has 3 aromatic rings. The molecule has 0 bridgehead atoms. The number of amides is 1. The Balaban J connectivity index is 2.11. The molecular formula is C19H20N4O2S. The Bertz CT molecular complexity index is 906. The Kier molecular flexibility index (Phi) is 5.58. The Labute approximate surface area is 156 Å². The lowest BCUT2D eigenvalue weighted by atomic mass is 10.1. The van der Waals surface area contributed by atoms with Crippen LogP contribution >= 0.6 is 11.8 Å². The van der Waals surface area contributed by atoms with Crippen LogP contribution in [0.15, 0.2) is 53.7 Å². The number of benzene rings is 2. The van der Waals surface area contributed by atoms with Gasteiger partial charge in [-0.2, -0.15) is 0 Å². The molecule has 26 heavy (non-hydrogen) atoms. The van der Waals surface area contributed by atoms with Gasteiger partial charge in [0.2, 0.25) is 5.91 Å². The number of thioether (sulfide) groups is 1. The first kappa shape index (κ1) is 18.0. The summed E-state index contributed by atoms with van der Waals surface area (Å²) in [4.78, 5) is 11.6. The Hall–Kier alpha value is -2.80. The molecule has 0 unspecified atom stereocenters. The van der Waals surface area contributed by atoms with E-state index in [0.29, 0.717) is 11.0 Å². The SMILES string of the molecule is CNC(=O)CSc1nnc(-c2ccccc2OC)n1-c1ccc(C)cc1. The average molecular weight is 368 g/mol. The Morgan fingerprint density at radius 1 is 1.15 bits per heavy atom. The number of carbonyl (C=O) groups excluding carboxylic acids is 1. The second kappa shape index (κ2) is 8.05. The van der Waals surface area contributed by atoms with E-state index < -0.39 is 0 Å². The molecule has 0 saturated heterocycles. The molecule has 0 radical (unpaired) electrons. The summed E-state index contributed by atoms with van der Waals surface area (Å²) in [6, 6.07) is 15.8. The monoisotopic (exact) mass is 368 g/mol. The first-order chi connectivity index (χ1) is 12.6. The fourth-order valence-electron chi connectivity index (χ4n) is 2.50. The van der Waals surface area contributed by atoms with Gasteiger partial charge in [-0.3, -0.25) is 9.36 Å². The lowest BCUT2D eigenvalue weighted by Crippen LogP contribution is -2.20. The van der Waals surface area contributed by atoms with Crippen molar-refractivity contribution in [3.63, 3.8) is 0 Å². The van der Waals surface area contributed by atoms with Crippen molar-refractivity contribution in [1.29, 1.82) is 0 Å². The molecule has 1 N–H and O–H groups in total. The van der Waals surface area contributed by atoms with Crippen molar-refractivity contribution in [2.24, 2.45) is 0 Å². The van der Waals surface area contributed by atoms with Gasteiger partial charge < -0.3 is 10.1 Å². The summed E-state index contributed by atoms with van der Waals surface area (Å²) < 4.78 is 7.43. The van der Waals surface area contributed by atoms with Crippen LogP contribution in [0.5, 0.6) is 5.75 Å². The molecule has 0 spiro atoms. The van der Waals surface area contributed by atoms with Crippen LogP contribution in [0.3, 0.4) is 0 Å². The fraction of sp³-hybridized carbons (Fsp3) is 0.211. The number of nitrogens with one attached hydrogen (secondary N) is 1. The van der Waals surface area contributed by atoms with E-state index in [2.05, 4.69) is 15.5 Å². The van der Waals surface area contributed by atoms with Gasteiger partial charge in [0.25, 0.3) is 0 Å². The van der Waals surface area contributed by atoms with Crippen LogP contribution in [0.4, 0.5) is 0 Å². The zero-order chi connectivity index (χ0) is 18.5. The number of methoxy groups -OCH3 is 1. The van der Waals surface area contributed by atoms with E-state index in [1.54, 1.807) is 14.2 Å². The maximum absolute atomic E-state index is 11.6. The lowest BCUT2D eigenvalue weighted by molar-refractivity contribution is -0.118. The Morgan fingerprint density at radius 3 is 2.58 bits per heavy atom. The molecule has 0 aliphatic carbocycles. The summed E-state index contributed by atoms with van der Waals surface area (Å²) in [7, 11) is 3.25. The molecule has 0 saturated carbocycles. The number of hydrogen-bond donors (Lipinski definition) is 1. The topological polar surface area (TPSA) is 69.0 Å². The van der Waals surface area contributed by atoms with Gasteiger partial charge in [-0.15, -0.1) is 10.2 Å². The maximum Gasteiger partial charge on any atom is 0.230 e. The van der Waals surface area contributed by atoms with Gasteiger partial charge in [0.05, 0.1) is 18.4 Å². The van der Waals surface area contributed by atoms with Gasteiger partial charge in [-0.25, -0.2) is 0 Å². The highest BCUT2D eigenvalue weighted by molar-refractivity contribution is 7.99. The van der Waals surface area contributed by atoms with Gasteiger partial charge in [0.15, 0.2) is 11.0 Å². The largest absolute Gasteiger partial charge is 0.496 e. The highest BCUT2D eigenvalue weighted by atomic mass is 32.2. The van der Waals surface area contributed by atoms with Gasteiger partial charge >= 0.3 is 0 Å². The van der Waals surface area contributed by atoms with Crippen molar-refractivity contribution >= 4 is 17.7 Å². The van der Waals surface area contributed by atoms with Crippen molar-refractivity contribution in [3.8, 4) is 22.8 Å². The average Bonchev–Trinajstić information content (AvgIpc) is 3.10. The highest BCUT2D eigenvalue weighted by Gasteiger charge is 2.19. The van der Waals surface area contributed by atoms with Crippen LogP contribution in [0.2, 0.25) is 0 Å². The van der Waals surface area contributed by atoms with E-state index in [9.17, 15) is 4.79 Å². The molecular weight excluding hydrogens is 348 g/mol. The van der Waals surface area contributed by atoms with Crippen LogP contribution in [0.25, 0.3) is 17.1 Å². The normalized spacial score (nSPS) is 10.6. The Morgan fingerprint density at radius 2 is 1.88 bits per heavy atom. The molecule has 1 heterocycles. The van der Waals surface area contributed by atoms with E-state index in [4.69, 9.17) is 4.74 Å². The second-order valence-corrected chi connectivity index (χ2v) is 6.58. The van der Waals surface area contributed by atoms with Gasteiger partial charge in [0.1, 0.15) is 5.75 Å². The minimum Gasteiger partial charge on any atom is -0.496 e. The second-order valence-electron chi connectivity index (χ2n) is 5.64. The summed E-state index contributed by atoms with van der Waals surface area (Å²) in [5.41, 5.74) is 2.94. The number of carbonyl (C=O) groups is 1. The minimum atomic E-state index is -0.0627. The van der Waals surface area contributed by atoms with Crippen molar-refractivity contribution < 1.29 is 9.53 Å². The van der Waals surface area contributed by atoms with Crippen LogP contribution < -0.4 is 10.1 Å². The van der Waals surface area contributed by atoms with Gasteiger partial charge in [0, 0.05) is 12.7 Å². The molecule has 134 valence electrons. The van der Waals surface area contributed by atoms with Crippen molar-refractivity contribution in [1.82, 2.24) is 20.1 Å². The predicted molar refractivity (Wildman–Crippen MR) is 103 cm³/mol. The number of nitrogens with zero attached hydrogens (tertiary/aromatic N) is 3. The van der Waals surface area contributed by atoms with Crippen LogP contribution in [-0.2, 0) is 4.79 Å². The molecule has 0 aliphatic heterocycles. The standard InChI is InChI=1S/C19H20N4O2S/c1-13-8-10-14(11-9-13)23-18(15-6-4-5-7-16(15)25-3)21-22-19(23)26-12-17(24)20-2/h4-11H,12H2,1-3H3,(H,20,24). The lowest BCUT2D eigenvalue weighted by Gasteiger charge is -2.12. The third-order valence-electron chi connectivity index (χ3n) is 3.88.